The molecule has 3 atom stereocenters. The Bertz CT molecular complexity index is 727. The highest BCUT2D eigenvalue weighted by molar-refractivity contribution is 5.83. The maximum absolute atomic E-state index is 12.7. The Morgan fingerprint density at radius 1 is 1.24 bits per heavy atom. The number of hydrogen-bond acceptors (Lipinski definition) is 4. The second-order valence-electron chi connectivity index (χ2n) is 7.30. The summed E-state index contributed by atoms with van der Waals surface area (Å²) in [6, 6.07) is 4.42. The van der Waals surface area contributed by atoms with Crippen LogP contribution in [0.5, 0.6) is 0 Å². The lowest BCUT2D eigenvalue weighted by molar-refractivity contribution is -0.144. The molecule has 136 valence electrons. The topological polar surface area (TPSA) is 80.6 Å². The molecule has 1 fully saturated rings. The summed E-state index contributed by atoms with van der Waals surface area (Å²) in [5, 5.41) is 2.81. The fourth-order valence-electron chi connectivity index (χ4n) is 3.91. The van der Waals surface area contributed by atoms with Crippen LogP contribution in [0.3, 0.4) is 0 Å². The van der Waals surface area contributed by atoms with Crippen LogP contribution < -0.4 is 10.9 Å². The highest BCUT2D eigenvalue weighted by atomic mass is 16.5. The maximum atomic E-state index is 12.7. The van der Waals surface area contributed by atoms with Gasteiger partial charge in [-0.3, -0.25) is 4.79 Å². The number of rotatable bonds is 3. The summed E-state index contributed by atoms with van der Waals surface area (Å²) >= 11 is 0. The number of ether oxygens (including phenoxy) is 1. The number of urea groups is 1. The van der Waals surface area contributed by atoms with Crippen molar-refractivity contribution in [3.8, 4) is 0 Å². The van der Waals surface area contributed by atoms with Crippen molar-refractivity contribution >= 4 is 12.0 Å². The Labute approximate surface area is 147 Å². The van der Waals surface area contributed by atoms with E-state index in [1.807, 2.05) is 24.5 Å². The Morgan fingerprint density at radius 2 is 2.00 bits per heavy atom. The Morgan fingerprint density at radius 3 is 2.68 bits per heavy atom. The Hall–Kier alpha value is -2.31. The van der Waals surface area contributed by atoms with Gasteiger partial charge in [-0.1, -0.05) is 19.9 Å². The average molecular weight is 347 g/mol. The predicted octanol–water partition coefficient (Wildman–Crippen LogP) is 1.17. The molecule has 0 aliphatic carbocycles. The van der Waals surface area contributed by atoms with Gasteiger partial charge in [-0.15, -0.1) is 0 Å². The first-order valence-corrected chi connectivity index (χ1v) is 8.73. The molecule has 1 aromatic heterocycles. The van der Waals surface area contributed by atoms with Crippen molar-refractivity contribution in [1.82, 2.24) is 14.8 Å². The number of aromatic nitrogens is 1. The summed E-state index contributed by atoms with van der Waals surface area (Å²) in [4.78, 5) is 38.4. The molecule has 1 aromatic rings. The van der Waals surface area contributed by atoms with Crippen LogP contribution in [0, 0.1) is 11.8 Å². The summed E-state index contributed by atoms with van der Waals surface area (Å²) in [5.74, 6) is -0.0760. The van der Waals surface area contributed by atoms with Crippen LogP contribution in [0.25, 0.3) is 0 Å². The summed E-state index contributed by atoms with van der Waals surface area (Å²) in [7, 11) is 1.32. The normalized spacial score (nSPS) is 23.0. The molecule has 0 saturated carbocycles. The van der Waals surface area contributed by atoms with Crippen LogP contribution in [0.15, 0.2) is 23.0 Å². The highest BCUT2D eigenvalue weighted by Crippen LogP contribution is 2.34. The van der Waals surface area contributed by atoms with E-state index in [1.165, 1.54) is 7.11 Å². The number of nitrogens with zero attached hydrogens (tertiary/aromatic N) is 2. The summed E-state index contributed by atoms with van der Waals surface area (Å²) in [6.45, 7) is 5.53. The monoisotopic (exact) mass is 347 g/mol. The molecule has 0 aromatic carbocycles. The third-order valence-corrected chi connectivity index (χ3v) is 5.17. The van der Waals surface area contributed by atoms with E-state index in [0.717, 1.165) is 12.1 Å². The average Bonchev–Trinajstić information content (AvgIpc) is 2.59. The van der Waals surface area contributed by atoms with E-state index >= 15 is 0 Å². The van der Waals surface area contributed by atoms with Crippen molar-refractivity contribution in [2.45, 2.75) is 38.8 Å². The van der Waals surface area contributed by atoms with Crippen molar-refractivity contribution in [1.29, 1.82) is 0 Å². The van der Waals surface area contributed by atoms with Crippen LogP contribution >= 0.6 is 0 Å². The Kier molecular flexibility index (Phi) is 4.83. The smallest absolute Gasteiger partial charge is 0.328 e. The SMILES string of the molecule is COC(=O)C(NC(=O)N1CC2CC(C1)c1cccc(=O)n1C2)C(C)C. The molecular weight excluding hydrogens is 322 g/mol. The van der Waals surface area contributed by atoms with Gasteiger partial charge in [-0.05, 0) is 24.3 Å². The zero-order valence-electron chi connectivity index (χ0n) is 14.9. The second kappa shape index (κ2) is 6.90. The number of carbonyl (C=O) groups excluding carboxylic acids is 2. The lowest BCUT2D eigenvalue weighted by Gasteiger charge is -2.43. The molecular formula is C18H25N3O4. The molecule has 1 N–H and O–H groups in total. The minimum absolute atomic E-state index is 0.0238. The van der Waals surface area contributed by atoms with Gasteiger partial charge in [0, 0.05) is 37.3 Å². The molecule has 1 saturated heterocycles. The number of amides is 2. The number of fused-ring (bicyclic) bond motifs is 4. The van der Waals surface area contributed by atoms with E-state index < -0.39 is 12.0 Å². The summed E-state index contributed by atoms with van der Waals surface area (Å²) in [5.41, 5.74) is 1.02. The van der Waals surface area contributed by atoms with Crippen molar-refractivity contribution in [3.05, 3.63) is 34.2 Å². The molecule has 25 heavy (non-hydrogen) atoms. The number of piperidine rings is 1. The third-order valence-electron chi connectivity index (χ3n) is 5.17. The highest BCUT2D eigenvalue weighted by Gasteiger charge is 2.37. The van der Waals surface area contributed by atoms with E-state index in [9.17, 15) is 14.4 Å². The number of methoxy groups -OCH3 is 1. The van der Waals surface area contributed by atoms with Gasteiger partial charge in [0.25, 0.3) is 5.56 Å². The van der Waals surface area contributed by atoms with E-state index in [0.29, 0.717) is 19.6 Å². The van der Waals surface area contributed by atoms with Gasteiger partial charge in [-0.2, -0.15) is 0 Å². The van der Waals surface area contributed by atoms with Crippen molar-refractivity contribution in [2.75, 3.05) is 20.2 Å². The lowest BCUT2D eigenvalue weighted by atomic mass is 9.83. The summed E-state index contributed by atoms with van der Waals surface area (Å²) < 4.78 is 6.62. The van der Waals surface area contributed by atoms with Gasteiger partial charge in [0.2, 0.25) is 0 Å². The van der Waals surface area contributed by atoms with Crippen molar-refractivity contribution in [3.63, 3.8) is 0 Å². The van der Waals surface area contributed by atoms with Gasteiger partial charge in [0.05, 0.1) is 7.11 Å². The minimum atomic E-state index is -0.658. The number of hydrogen-bond donors (Lipinski definition) is 1. The predicted molar refractivity (Wildman–Crippen MR) is 92.3 cm³/mol. The van der Waals surface area contributed by atoms with Gasteiger partial charge >= 0.3 is 12.0 Å². The molecule has 7 nitrogen and oxygen atoms in total. The lowest BCUT2D eigenvalue weighted by Crippen LogP contribution is -2.55. The zero-order chi connectivity index (χ0) is 18.1. The van der Waals surface area contributed by atoms with Gasteiger partial charge in [0.1, 0.15) is 6.04 Å². The summed E-state index contributed by atoms with van der Waals surface area (Å²) in [6.07, 6.45) is 0.984. The van der Waals surface area contributed by atoms with Crippen molar-refractivity contribution in [2.24, 2.45) is 11.8 Å². The zero-order valence-corrected chi connectivity index (χ0v) is 14.9. The Balaban J connectivity index is 1.75. The van der Waals surface area contributed by atoms with Crippen LogP contribution in [-0.2, 0) is 16.1 Å². The number of likely N-dealkylation sites (tertiary alicyclic amines) is 1. The van der Waals surface area contributed by atoms with Gasteiger partial charge in [-0.25, -0.2) is 9.59 Å². The molecule has 2 aliphatic rings. The van der Waals surface area contributed by atoms with Crippen LogP contribution in [-0.4, -0.2) is 47.7 Å². The standard InChI is InChI=1S/C18H25N3O4/c1-11(2)16(17(23)25-3)19-18(24)20-8-12-7-13(10-20)14-5-4-6-15(22)21(14)9-12/h4-6,11-13,16H,7-10H2,1-3H3,(H,19,24). The van der Waals surface area contributed by atoms with E-state index in [2.05, 4.69) is 5.32 Å². The number of esters is 1. The minimum Gasteiger partial charge on any atom is -0.467 e. The first-order valence-electron chi connectivity index (χ1n) is 8.73. The maximum Gasteiger partial charge on any atom is 0.328 e. The molecule has 3 rings (SSSR count). The van der Waals surface area contributed by atoms with Gasteiger partial charge in [0.15, 0.2) is 0 Å². The first kappa shape index (κ1) is 17.5. The van der Waals surface area contributed by atoms with Crippen molar-refractivity contribution < 1.29 is 14.3 Å². The molecule has 7 heteroatoms. The van der Waals surface area contributed by atoms with Gasteiger partial charge < -0.3 is 19.5 Å². The second-order valence-corrected chi connectivity index (χ2v) is 7.30. The molecule has 2 aliphatic heterocycles. The van der Waals surface area contributed by atoms with Crippen LogP contribution in [0.1, 0.15) is 31.9 Å². The quantitative estimate of drug-likeness (QED) is 0.833. The van der Waals surface area contributed by atoms with Crippen LogP contribution in [0.2, 0.25) is 0 Å². The fraction of sp³-hybridized carbons (Fsp3) is 0.611. The molecule has 3 unspecified atom stereocenters. The number of pyridine rings is 1. The molecule has 2 bridgehead atoms. The van der Waals surface area contributed by atoms with E-state index in [1.54, 1.807) is 17.0 Å². The van der Waals surface area contributed by atoms with E-state index in [-0.39, 0.29) is 29.3 Å². The molecule has 0 radical (unpaired) electrons. The number of nitrogens with one attached hydrogen (secondary N) is 1. The number of carbonyl (C=O) groups is 2. The van der Waals surface area contributed by atoms with Crippen LogP contribution in [0.4, 0.5) is 4.79 Å². The largest absolute Gasteiger partial charge is 0.467 e. The fourth-order valence-corrected chi connectivity index (χ4v) is 3.91. The third kappa shape index (κ3) is 3.41. The molecule has 3 heterocycles. The van der Waals surface area contributed by atoms with E-state index in [4.69, 9.17) is 4.74 Å². The molecule has 0 spiro atoms. The molecule has 2 amide bonds. The first-order chi connectivity index (χ1) is 11.9.